The average molecular weight is 228 g/mol. The third kappa shape index (κ3) is 3.40. The predicted octanol–water partition coefficient (Wildman–Crippen LogP) is 2.54. The van der Waals surface area contributed by atoms with Crippen LogP contribution in [0.3, 0.4) is 0 Å². The van der Waals surface area contributed by atoms with Crippen molar-refractivity contribution in [3.05, 3.63) is 29.8 Å². The Hall–Kier alpha value is -0.730. The second-order valence-electron chi connectivity index (χ2n) is 4.15. The van der Waals surface area contributed by atoms with Gasteiger partial charge in [0.1, 0.15) is 12.4 Å². The molecule has 1 fully saturated rings. The van der Waals surface area contributed by atoms with Gasteiger partial charge >= 0.3 is 0 Å². The van der Waals surface area contributed by atoms with Crippen LogP contribution in [0, 0.1) is 0 Å². The summed E-state index contributed by atoms with van der Waals surface area (Å²) in [6, 6.07) is 8.24. The minimum absolute atomic E-state index is 0. The maximum absolute atomic E-state index is 5.93. The van der Waals surface area contributed by atoms with Crippen molar-refractivity contribution in [2.24, 2.45) is 5.73 Å². The van der Waals surface area contributed by atoms with Gasteiger partial charge in [-0.15, -0.1) is 12.4 Å². The van der Waals surface area contributed by atoms with Gasteiger partial charge in [0.15, 0.2) is 0 Å². The monoisotopic (exact) mass is 227 g/mol. The molecule has 2 N–H and O–H groups in total. The normalized spacial score (nSPS) is 16.7. The molecule has 84 valence electrons. The van der Waals surface area contributed by atoms with Gasteiger partial charge in [0, 0.05) is 0 Å². The molecule has 1 aromatic rings. The highest BCUT2D eigenvalue weighted by atomic mass is 35.5. The third-order valence-electron chi connectivity index (χ3n) is 2.75. The quantitative estimate of drug-likeness (QED) is 0.858. The summed E-state index contributed by atoms with van der Waals surface area (Å²) in [7, 11) is 0. The fraction of sp³-hybridized carbons (Fsp3) is 0.500. The van der Waals surface area contributed by atoms with E-state index in [1.807, 2.05) is 12.1 Å². The first-order chi connectivity index (χ1) is 6.72. The van der Waals surface area contributed by atoms with E-state index in [2.05, 4.69) is 19.1 Å². The van der Waals surface area contributed by atoms with Crippen LogP contribution in [0.25, 0.3) is 0 Å². The Morgan fingerprint density at radius 3 is 2.33 bits per heavy atom. The Morgan fingerprint density at radius 1 is 1.27 bits per heavy atom. The van der Waals surface area contributed by atoms with Crippen LogP contribution >= 0.6 is 12.4 Å². The van der Waals surface area contributed by atoms with E-state index in [4.69, 9.17) is 10.5 Å². The van der Waals surface area contributed by atoms with Gasteiger partial charge in [-0.05, 0) is 37.0 Å². The largest absolute Gasteiger partial charge is 0.492 e. The van der Waals surface area contributed by atoms with Crippen LogP contribution in [0.2, 0.25) is 0 Å². The standard InChI is InChI=1S/C12H17NO.ClH/c1-2-10-3-5-11(6-4-10)14-9-12(13)7-8-12;/h3-6H,2,7-9,13H2,1H3;1H. The number of aryl methyl sites for hydroxylation is 1. The molecule has 2 rings (SSSR count). The van der Waals surface area contributed by atoms with E-state index in [1.54, 1.807) is 0 Å². The summed E-state index contributed by atoms with van der Waals surface area (Å²) in [5.74, 6) is 0.930. The van der Waals surface area contributed by atoms with Gasteiger partial charge in [0.25, 0.3) is 0 Å². The van der Waals surface area contributed by atoms with Crippen molar-refractivity contribution in [1.82, 2.24) is 0 Å². The Kier molecular flexibility index (Phi) is 4.00. The van der Waals surface area contributed by atoms with Crippen molar-refractivity contribution in [2.45, 2.75) is 31.7 Å². The highest BCUT2D eigenvalue weighted by Crippen LogP contribution is 2.32. The molecule has 0 aromatic heterocycles. The van der Waals surface area contributed by atoms with Gasteiger partial charge in [-0.2, -0.15) is 0 Å². The van der Waals surface area contributed by atoms with Gasteiger partial charge in [0.2, 0.25) is 0 Å². The molecule has 1 aliphatic carbocycles. The molecule has 1 saturated carbocycles. The lowest BCUT2D eigenvalue weighted by Gasteiger charge is -2.11. The molecule has 3 heteroatoms. The summed E-state index contributed by atoms with van der Waals surface area (Å²) < 4.78 is 5.61. The molecule has 0 amide bonds. The summed E-state index contributed by atoms with van der Waals surface area (Å²) in [5, 5.41) is 0. The number of benzene rings is 1. The molecule has 0 atom stereocenters. The molecular formula is C12H18ClNO. The molecule has 0 bridgehead atoms. The third-order valence-corrected chi connectivity index (χ3v) is 2.75. The smallest absolute Gasteiger partial charge is 0.119 e. The Morgan fingerprint density at radius 2 is 1.87 bits per heavy atom. The SMILES string of the molecule is CCc1ccc(OCC2(N)CC2)cc1.Cl. The van der Waals surface area contributed by atoms with E-state index in [0.29, 0.717) is 6.61 Å². The van der Waals surface area contributed by atoms with E-state index < -0.39 is 0 Å². The molecule has 0 spiro atoms. The second-order valence-corrected chi connectivity index (χ2v) is 4.15. The first-order valence-corrected chi connectivity index (χ1v) is 5.22. The molecule has 1 aromatic carbocycles. The van der Waals surface area contributed by atoms with Crippen LogP contribution in [0.15, 0.2) is 24.3 Å². The summed E-state index contributed by atoms with van der Waals surface area (Å²) in [6.07, 6.45) is 3.27. The van der Waals surface area contributed by atoms with Crippen LogP contribution in [0.4, 0.5) is 0 Å². The maximum Gasteiger partial charge on any atom is 0.119 e. The minimum Gasteiger partial charge on any atom is -0.492 e. The van der Waals surface area contributed by atoms with E-state index in [0.717, 1.165) is 25.0 Å². The molecule has 1 aliphatic rings. The first kappa shape index (κ1) is 12.3. The average Bonchev–Trinajstić information content (AvgIpc) is 2.95. The van der Waals surface area contributed by atoms with E-state index in [1.165, 1.54) is 5.56 Å². The van der Waals surface area contributed by atoms with Crippen molar-refractivity contribution in [1.29, 1.82) is 0 Å². The van der Waals surface area contributed by atoms with Crippen molar-refractivity contribution in [3.8, 4) is 5.75 Å². The Labute approximate surface area is 97.2 Å². The molecule has 0 unspecified atom stereocenters. The number of ether oxygens (including phenoxy) is 1. The fourth-order valence-electron chi connectivity index (χ4n) is 1.35. The van der Waals surface area contributed by atoms with E-state index in [9.17, 15) is 0 Å². The lowest BCUT2D eigenvalue weighted by atomic mass is 10.2. The van der Waals surface area contributed by atoms with Crippen LogP contribution in [0.5, 0.6) is 5.75 Å². The van der Waals surface area contributed by atoms with Crippen LogP contribution in [-0.2, 0) is 6.42 Å². The maximum atomic E-state index is 5.93. The zero-order valence-electron chi connectivity index (χ0n) is 9.03. The number of halogens is 1. The summed E-state index contributed by atoms with van der Waals surface area (Å²) in [4.78, 5) is 0. The lowest BCUT2D eigenvalue weighted by Crippen LogP contribution is -2.29. The number of rotatable bonds is 4. The van der Waals surface area contributed by atoms with Gasteiger partial charge < -0.3 is 10.5 Å². The molecule has 0 heterocycles. The topological polar surface area (TPSA) is 35.2 Å². The van der Waals surface area contributed by atoms with Crippen molar-refractivity contribution < 1.29 is 4.74 Å². The molecule has 15 heavy (non-hydrogen) atoms. The molecule has 0 aliphatic heterocycles. The minimum atomic E-state index is -0.0244. The Balaban J connectivity index is 0.00000112. The van der Waals surface area contributed by atoms with Crippen LogP contribution in [0.1, 0.15) is 25.3 Å². The van der Waals surface area contributed by atoms with Crippen LogP contribution < -0.4 is 10.5 Å². The molecule has 0 saturated heterocycles. The number of nitrogens with two attached hydrogens (primary N) is 1. The summed E-state index contributed by atoms with van der Waals surface area (Å²) in [5.41, 5.74) is 7.24. The van der Waals surface area contributed by atoms with Gasteiger partial charge in [-0.1, -0.05) is 19.1 Å². The fourth-order valence-corrected chi connectivity index (χ4v) is 1.35. The van der Waals surface area contributed by atoms with Gasteiger partial charge in [-0.3, -0.25) is 0 Å². The van der Waals surface area contributed by atoms with Gasteiger partial charge in [0.05, 0.1) is 5.54 Å². The van der Waals surface area contributed by atoms with Gasteiger partial charge in [-0.25, -0.2) is 0 Å². The van der Waals surface area contributed by atoms with E-state index in [-0.39, 0.29) is 17.9 Å². The van der Waals surface area contributed by atoms with E-state index >= 15 is 0 Å². The predicted molar refractivity (Wildman–Crippen MR) is 64.7 cm³/mol. The number of hydrogen-bond donors (Lipinski definition) is 1. The van der Waals surface area contributed by atoms with Crippen molar-refractivity contribution in [3.63, 3.8) is 0 Å². The number of hydrogen-bond acceptors (Lipinski definition) is 2. The van der Waals surface area contributed by atoms with Crippen molar-refractivity contribution in [2.75, 3.05) is 6.61 Å². The zero-order valence-corrected chi connectivity index (χ0v) is 9.85. The lowest BCUT2D eigenvalue weighted by molar-refractivity contribution is 0.279. The van der Waals surface area contributed by atoms with Crippen LogP contribution in [-0.4, -0.2) is 12.1 Å². The van der Waals surface area contributed by atoms with Crippen molar-refractivity contribution >= 4 is 12.4 Å². The molecule has 0 radical (unpaired) electrons. The summed E-state index contributed by atoms with van der Waals surface area (Å²) in [6.45, 7) is 2.80. The second kappa shape index (κ2) is 4.86. The molecular weight excluding hydrogens is 210 g/mol. The highest BCUT2D eigenvalue weighted by molar-refractivity contribution is 5.85. The highest BCUT2D eigenvalue weighted by Gasteiger charge is 2.39. The first-order valence-electron chi connectivity index (χ1n) is 5.22. The molecule has 2 nitrogen and oxygen atoms in total. The zero-order chi connectivity index (χ0) is 10.0. The summed E-state index contributed by atoms with van der Waals surface area (Å²) >= 11 is 0. The Bertz CT molecular complexity index is 306.